The molecule has 0 saturated heterocycles. The maximum atomic E-state index is 12.3. The normalized spacial score (nSPS) is 12.3. The van der Waals surface area contributed by atoms with E-state index in [2.05, 4.69) is 30.7 Å². The smallest absolute Gasteiger partial charge is 0.307 e. The van der Waals surface area contributed by atoms with Crippen molar-refractivity contribution in [2.24, 2.45) is 30.7 Å². The molecule has 0 aliphatic heterocycles. The predicted octanol–water partition coefficient (Wildman–Crippen LogP) is 7.13. The fraction of sp³-hybridized carbons (Fsp3) is 0. The van der Waals surface area contributed by atoms with Crippen LogP contribution in [0.1, 0.15) is 0 Å². The third-order valence-corrected chi connectivity index (χ3v) is 8.79. The van der Waals surface area contributed by atoms with Crippen LogP contribution in [0.2, 0.25) is 0 Å². The first-order chi connectivity index (χ1) is 25.7. The molecule has 27 heteroatoms. The molecular formula is C28H17N9O16S2. The van der Waals surface area contributed by atoms with E-state index in [1.165, 1.54) is 0 Å². The summed E-state index contributed by atoms with van der Waals surface area (Å²) in [6.45, 7) is 0. The Bertz CT molecular complexity index is 2790. The number of non-ortho nitro benzene ring substituents is 2. The molecule has 55 heavy (non-hydrogen) atoms. The predicted molar refractivity (Wildman–Crippen MR) is 182 cm³/mol. The maximum absolute atomic E-state index is 12.3. The van der Waals surface area contributed by atoms with Gasteiger partial charge in [0.15, 0.2) is 22.9 Å². The summed E-state index contributed by atoms with van der Waals surface area (Å²) in [5, 5.41) is 96.8. The highest BCUT2D eigenvalue weighted by Gasteiger charge is 2.27. The molecule has 0 atom stereocenters. The second-order valence-electron chi connectivity index (χ2n) is 10.6. The third kappa shape index (κ3) is 8.07. The molecule has 0 fully saturated rings. The average Bonchev–Trinajstić information content (AvgIpc) is 3.09. The molecule has 25 nitrogen and oxygen atoms in total. The van der Waals surface area contributed by atoms with Crippen LogP contribution in [0, 0.1) is 30.3 Å². The van der Waals surface area contributed by atoms with Crippen LogP contribution in [0.25, 0.3) is 10.8 Å². The number of phenolic OH excluding ortho intramolecular Hbond substituents is 4. The van der Waals surface area contributed by atoms with Gasteiger partial charge in [-0.15, -0.1) is 25.6 Å². The van der Waals surface area contributed by atoms with Gasteiger partial charge in [-0.3, -0.25) is 39.4 Å². The van der Waals surface area contributed by atoms with Crippen LogP contribution in [0.4, 0.5) is 51.2 Å². The molecule has 6 N–H and O–H groups in total. The summed E-state index contributed by atoms with van der Waals surface area (Å²) in [4.78, 5) is 28.6. The van der Waals surface area contributed by atoms with Gasteiger partial charge in [0.1, 0.15) is 22.0 Å². The Balaban J connectivity index is 1.67. The fourth-order valence-electron chi connectivity index (χ4n) is 4.59. The van der Waals surface area contributed by atoms with E-state index < -0.39 is 118 Å². The van der Waals surface area contributed by atoms with Crippen LogP contribution in [0.3, 0.4) is 0 Å². The van der Waals surface area contributed by atoms with E-state index in [9.17, 15) is 76.7 Å². The van der Waals surface area contributed by atoms with Gasteiger partial charge in [-0.05, 0) is 47.9 Å². The number of rotatable bonds is 11. The summed E-state index contributed by atoms with van der Waals surface area (Å²) in [5.41, 5.74) is -6.37. The van der Waals surface area contributed by atoms with Crippen LogP contribution >= 0.6 is 0 Å². The largest absolute Gasteiger partial charge is 0.505 e. The molecule has 0 bridgehead atoms. The van der Waals surface area contributed by atoms with Crippen molar-refractivity contribution < 1.29 is 61.1 Å². The molecule has 0 amide bonds. The number of nitro groups is 3. The Kier molecular flexibility index (Phi) is 10.1. The fourth-order valence-corrected chi connectivity index (χ4v) is 5.78. The number of hydrogen-bond acceptors (Lipinski definition) is 20. The van der Waals surface area contributed by atoms with Gasteiger partial charge in [-0.2, -0.15) is 21.9 Å². The molecule has 0 unspecified atom stereocenters. The van der Waals surface area contributed by atoms with E-state index in [4.69, 9.17) is 0 Å². The standard InChI is InChI=1S/C28H17N9O16S2/c38-20-6-5-17(27(40)25(20)33-32-24-19(37(46)47)9-15(36(44)45)10-21(24)39)30-31-18-11-16(54(48,49)50)7-12-8-22(55(51,52)53)26(28(41)23(12)18)34-29-13-1-3-14(4-2-13)35(42)43/h1-11,38-41H,(H,48,49,50)(H,51,52,53). The second kappa shape index (κ2) is 14.4. The molecule has 282 valence electrons. The number of azo groups is 3. The van der Waals surface area contributed by atoms with E-state index in [1.54, 1.807) is 0 Å². The lowest BCUT2D eigenvalue weighted by molar-refractivity contribution is -0.393. The molecule has 0 heterocycles. The molecule has 0 aromatic heterocycles. The van der Waals surface area contributed by atoms with Gasteiger partial charge in [-0.25, -0.2) is 0 Å². The Labute approximate surface area is 303 Å². The van der Waals surface area contributed by atoms with Gasteiger partial charge in [0, 0.05) is 12.1 Å². The lowest BCUT2D eigenvalue weighted by Gasteiger charge is -2.12. The average molecular weight is 800 g/mol. The Morgan fingerprint density at radius 2 is 1.13 bits per heavy atom. The number of aromatic hydroxyl groups is 4. The van der Waals surface area contributed by atoms with E-state index in [0.29, 0.717) is 30.3 Å². The van der Waals surface area contributed by atoms with Crippen molar-refractivity contribution in [1.29, 1.82) is 0 Å². The van der Waals surface area contributed by atoms with Crippen molar-refractivity contribution in [2.75, 3.05) is 0 Å². The number of nitro benzene ring substituents is 3. The highest BCUT2D eigenvalue weighted by molar-refractivity contribution is 7.86. The van der Waals surface area contributed by atoms with Crippen LogP contribution in [-0.2, 0) is 20.2 Å². The quantitative estimate of drug-likeness (QED) is 0.0335. The van der Waals surface area contributed by atoms with E-state index >= 15 is 0 Å². The Morgan fingerprint density at radius 3 is 1.71 bits per heavy atom. The SMILES string of the molecule is O=[N+]([O-])c1ccc(N=Nc2c(S(=O)(=O)O)cc3cc(S(=O)(=O)O)cc(N=Nc4ccc(O)c(N=Nc5c(O)cc([N+](=O)[O-])cc5[N+](=O)[O-])c4O)c3c2O)cc1. The lowest BCUT2D eigenvalue weighted by atomic mass is 10.1. The van der Waals surface area contributed by atoms with Gasteiger partial charge in [0.05, 0.1) is 48.6 Å². The summed E-state index contributed by atoms with van der Waals surface area (Å²) in [5.74, 6) is -4.07. The van der Waals surface area contributed by atoms with Crippen molar-refractivity contribution in [2.45, 2.75) is 9.79 Å². The summed E-state index contributed by atoms with van der Waals surface area (Å²) >= 11 is 0. The zero-order valence-electron chi connectivity index (χ0n) is 26.5. The van der Waals surface area contributed by atoms with Crippen molar-refractivity contribution in [1.82, 2.24) is 0 Å². The van der Waals surface area contributed by atoms with Gasteiger partial charge >= 0.3 is 5.69 Å². The summed E-state index contributed by atoms with van der Waals surface area (Å²) in [7, 11) is -10.4. The first-order valence-corrected chi connectivity index (χ1v) is 17.0. The van der Waals surface area contributed by atoms with Gasteiger partial charge in [0.25, 0.3) is 31.6 Å². The van der Waals surface area contributed by atoms with Crippen molar-refractivity contribution in [3.63, 3.8) is 0 Å². The summed E-state index contributed by atoms with van der Waals surface area (Å²) < 4.78 is 68.6. The molecule has 0 radical (unpaired) electrons. The minimum atomic E-state index is -5.27. The molecule has 5 aromatic rings. The number of phenols is 4. The number of fused-ring (bicyclic) bond motifs is 1. The van der Waals surface area contributed by atoms with Crippen molar-refractivity contribution in [3.8, 4) is 23.0 Å². The molecule has 0 spiro atoms. The lowest BCUT2D eigenvalue weighted by Crippen LogP contribution is -2.01. The highest BCUT2D eigenvalue weighted by Crippen LogP contribution is 2.49. The highest BCUT2D eigenvalue weighted by atomic mass is 32.2. The van der Waals surface area contributed by atoms with Crippen LogP contribution in [0.15, 0.2) is 107 Å². The molecule has 0 aliphatic rings. The molecule has 5 aromatic carbocycles. The van der Waals surface area contributed by atoms with E-state index in [1.807, 2.05) is 0 Å². The van der Waals surface area contributed by atoms with Crippen LogP contribution in [-0.4, -0.2) is 61.1 Å². The zero-order valence-corrected chi connectivity index (χ0v) is 28.1. The minimum Gasteiger partial charge on any atom is -0.505 e. The van der Waals surface area contributed by atoms with Gasteiger partial charge < -0.3 is 20.4 Å². The van der Waals surface area contributed by atoms with Crippen molar-refractivity contribution in [3.05, 3.63) is 97.1 Å². The summed E-state index contributed by atoms with van der Waals surface area (Å²) in [6, 6.07) is 8.97. The second-order valence-corrected chi connectivity index (χ2v) is 13.4. The first-order valence-electron chi connectivity index (χ1n) is 14.2. The van der Waals surface area contributed by atoms with Crippen LogP contribution < -0.4 is 0 Å². The van der Waals surface area contributed by atoms with E-state index in [0.717, 1.165) is 36.4 Å². The van der Waals surface area contributed by atoms with Gasteiger partial charge in [0.2, 0.25) is 5.69 Å². The zero-order chi connectivity index (χ0) is 40.6. The topological polar surface area (TPSA) is 393 Å². The Hall–Kier alpha value is -7.62. The Morgan fingerprint density at radius 1 is 0.527 bits per heavy atom. The monoisotopic (exact) mass is 799 g/mol. The summed E-state index contributed by atoms with van der Waals surface area (Å²) in [6.07, 6.45) is 0. The number of nitrogens with zero attached hydrogens (tertiary/aromatic N) is 9. The molecular weight excluding hydrogens is 782 g/mol. The van der Waals surface area contributed by atoms with Crippen molar-refractivity contribution >= 4 is 82.2 Å². The number of benzene rings is 5. The van der Waals surface area contributed by atoms with Crippen LogP contribution in [0.5, 0.6) is 23.0 Å². The van der Waals surface area contributed by atoms with Gasteiger partial charge in [-0.1, -0.05) is 0 Å². The molecule has 0 aliphatic carbocycles. The molecule has 0 saturated carbocycles. The first kappa shape index (κ1) is 38.6. The molecule has 5 rings (SSSR count). The minimum absolute atomic E-state index is 0.0952. The third-order valence-electron chi connectivity index (χ3n) is 7.09. The maximum Gasteiger partial charge on any atom is 0.307 e. The van der Waals surface area contributed by atoms with E-state index in [-0.39, 0.29) is 11.4 Å². The number of hydrogen-bond donors (Lipinski definition) is 6.